The lowest BCUT2D eigenvalue weighted by atomic mass is 10.2. The third-order valence-corrected chi connectivity index (χ3v) is 2.01. The van der Waals surface area contributed by atoms with Crippen molar-refractivity contribution in [2.45, 2.75) is 20.3 Å². The van der Waals surface area contributed by atoms with Crippen molar-refractivity contribution in [3.05, 3.63) is 0 Å². The molecule has 0 heterocycles. The molecule has 0 bridgehead atoms. The van der Waals surface area contributed by atoms with Crippen LogP contribution in [0.3, 0.4) is 0 Å². The molecular formula is C11H22N4O3. The molecule has 0 aromatic rings. The van der Waals surface area contributed by atoms with Crippen LogP contribution in [0.4, 0.5) is 0 Å². The molecule has 104 valence electrons. The maximum Gasteiger partial charge on any atom is 0.239 e. The molecule has 0 rings (SSSR count). The molecule has 0 aromatic carbocycles. The number of carbonyl (C=O) groups is 3. The SMILES string of the molecule is CC(C)CNC(=O)CCNC(=O)CNC(=O)CN. The third kappa shape index (κ3) is 9.59. The molecule has 3 amide bonds. The van der Waals surface area contributed by atoms with Crippen molar-refractivity contribution in [2.75, 3.05) is 26.2 Å². The number of amides is 3. The lowest BCUT2D eigenvalue weighted by molar-refractivity contribution is -0.125. The molecule has 0 atom stereocenters. The predicted octanol–water partition coefficient (Wildman–Crippen LogP) is -1.66. The monoisotopic (exact) mass is 258 g/mol. The van der Waals surface area contributed by atoms with E-state index in [4.69, 9.17) is 5.73 Å². The number of nitrogens with two attached hydrogens (primary N) is 1. The van der Waals surface area contributed by atoms with Gasteiger partial charge >= 0.3 is 0 Å². The topological polar surface area (TPSA) is 113 Å². The smallest absolute Gasteiger partial charge is 0.239 e. The highest BCUT2D eigenvalue weighted by Crippen LogP contribution is 1.87. The zero-order chi connectivity index (χ0) is 14.0. The number of rotatable bonds is 8. The molecule has 7 heteroatoms. The first-order valence-electron chi connectivity index (χ1n) is 5.95. The highest BCUT2D eigenvalue weighted by atomic mass is 16.2. The van der Waals surface area contributed by atoms with Gasteiger partial charge in [-0.25, -0.2) is 0 Å². The van der Waals surface area contributed by atoms with Crippen molar-refractivity contribution in [1.82, 2.24) is 16.0 Å². The van der Waals surface area contributed by atoms with E-state index < -0.39 is 0 Å². The Labute approximate surface area is 107 Å². The van der Waals surface area contributed by atoms with Gasteiger partial charge in [0.2, 0.25) is 17.7 Å². The largest absolute Gasteiger partial charge is 0.356 e. The average molecular weight is 258 g/mol. The van der Waals surface area contributed by atoms with Gasteiger partial charge in [-0.2, -0.15) is 0 Å². The minimum atomic E-state index is -0.389. The van der Waals surface area contributed by atoms with Gasteiger partial charge in [0, 0.05) is 19.5 Å². The first-order chi connectivity index (χ1) is 8.45. The standard InChI is InChI=1S/C11H22N4O3/c1-8(2)6-14-9(16)3-4-13-11(18)7-15-10(17)5-12/h8H,3-7,12H2,1-2H3,(H,13,18)(H,14,16)(H,15,17). The van der Waals surface area contributed by atoms with E-state index in [2.05, 4.69) is 16.0 Å². The zero-order valence-corrected chi connectivity index (χ0v) is 10.9. The maximum atomic E-state index is 11.3. The fourth-order valence-corrected chi connectivity index (χ4v) is 1.04. The number of hydrogen-bond acceptors (Lipinski definition) is 4. The van der Waals surface area contributed by atoms with Gasteiger partial charge in [0.15, 0.2) is 0 Å². The second-order valence-electron chi connectivity index (χ2n) is 4.28. The summed E-state index contributed by atoms with van der Waals surface area (Å²) in [5.41, 5.74) is 5.06. The second kappa shape index (κ2) is 9.41. The molecule has 0 aliphatic carbocycles. The van der Waals surface area contributed by atoms with Gasteiger partial charge < -0.3 is 21.7 Å². The van der Waals surface area contributed by atoms with Crippen LogP contribution in [0.2, 0.25) is 0 Å². The van der Waals surface area contributed by atoms with Crippen molar-refractivity contribution in [2.24, 2.45) is 11.7 Å². The fourth-order valence-electron chi connectivity index (χ4n) is 1.04. The lowest BCUT2D eigenvalue weighted by Gasteiger charge is -2.08. The minimum absolute atomic E-state index is 0.102. The summed E-state index contributed by atoms with van der Waals surface area (Å²) in [6.07, 6.45) is 0.225. The van der Waals surface area contributed by atoms with Gasteiger partial charge in [0.05, 0.1) is 13.1 Å². The van der Waals surface area contributed by atoms with Gasteiger partial charge in [-0.15, -0.1) is 0 Å². The summed E-state index contributed by atoms with van der Waals surface area (Å²) in [5.74, 6) is -0.432. The predicted molar refractivity (Wildman–Crippen MR) is 67.5 cm³/mol. The molecule has 0 aliphatic rings. The molecule has 0 radical (unpaired) electrons. The second-order valence-corrected chi connectivity index (χ2v) is 4.28. The Morgan fingerprint density at radius 3 is 2.22 bits per heavy atom. The fraction of sp³-hybridized carbons (Fsp3) is 0.727. The van der Waals surface area contributed by atoms with Gasteiger partial charge in [-0.05, 0) is 5.92 Å². The van der Waals surface area contributed by atoms with Crippen molar-refractivity contribution in [3.8, 4) is 0 Å². The van der Waals surface area contributed by atoms with Crippen molar-refractivity contribution in [1.29, 1.82) is 0 Å². The number of carbonyl (C=O) groups excluding carboxylic acids is 3. The molecule has 5 N–H and O–H groups in total. The molecule has 0 aliphatic heterocycles. The first kappa shape index (κ1) is 16.4. The Morgan fingerprint density at radius 2 is 1.67 bits per heavy atom. The summed E-state index contributed by atoms with van der Waals surface area (Å²) in [5, 5.41) is 7.60. The van der Waals surface area contributed by atoms with Crippen LogP contribution in [0.15, 0.2) is 0 Å². The molecule has 0 unspecified atom stereocenters. The minimum Gasteiger partial charge on any atom is -0.356 e. The summed E-state index contributed by atoms with van der Waals surface area (Å²) in [6.45, 7) is 4.61. The summed E-state index contributed by atoms with van der Waals surface area (Å²) < 4.78 is 0. The molecule has 0 saturated carbocycles. The summed E-state index contributed by atoms with van der Waals surface area (Å²) in [7, 11) is 0. The summed E-state index contributed by atoms with van der Waals surface area (Å²) in [6, 6.07) is 0. The Balaban J connectivity index is 3.56. The van der Waals surface area contributed by atoms with Crippen molar-refractivity contribution >= 4 is 17.7 Å². The van der Waals surface area contributed by atoms with Crippen LogP contribution in [-0.4, -0.2) is 43.9 Å². The van der Waals surface area contributed by atoms with Crippen molar-refractivity contribution < 1.29 is 14.4 Å². The Hall–Kier alpha value is -1.63. The zero-order valence-electron chi connectivity index (χ0n) is 10.9. The van der Waals surface area contributed by atoms with Crippen molar-refractivity contribution in [3.63, 3.8) is 0 Å². The van der Waals surface area contributed by atoms with E-state index >= 15 is 0 Å². The van der Waals surface area contributed by atoms with E-state index in [1.807, 2.05) is 13.8 Å². The van der Waals surface area contributed by atoms with Crippen LogP contribution < -0.4 is 21.7 Å². The Kier molecular flexibility index (Phi) is 8.55. The molecular weight excluding hydrogens is 236 g/mol. The molecule has 7 nitrogen and oxygen atoms in total. The molecule has 0 saturated heterocycles. The van der Waals surface area contributed by atoms with E-state index in [0.29, 0.717) is 12.5 Å². The quantitative estimate of drug-likeness (QED) is 0.417. The lowest BCUT2D eigenvalue weighted by Crippen LogP contribution is -2.40. The molecule has 0 aromatic heterocycles. The van der Waals surface area contributed by atoms with E-state index in [1.54, 1.807) is 0 Å². The van der Waals surface area contributed by atoms with Crippen LogP contribution in [0.5, 0.6) is 0 Å². The van der Waals surface area contributed by atoms with Crippen LogP contribution in [0, 0.1) is 5.92 Å². The highest BCUT2D eigenvalue weighted by molar-refractivity contribution is 5.85. The van der Waals surface area contributed by atoms with E-state index in [9.17, 15) is 14.4 Å². The van der Waals surface area contributed by atoms with Crippen LogP contribution in [-0.2, 0) is 14.4 Å². The average Bonchev–Trinajstić information content (AvgIpc) is 2.33. The normalized spacial score (nSPS) is 10.0. The Bertz CT molecular complexity index is 292. The van der Waals surface area contributed by atoms with Gasteiger partial charge in [0.25, 0.3) is 0 Å². The molecule has 0 spiro atoms. The molecule has 18 heavy (non-hydrogen) atoms. The maximum absolute atomic E-state index is 11.3. The van der Waals surface area contributed by atoms with E-state index in [1.165, 1.54) is 0 Å². The number of nitrogens with one attached hydrogen (secondary N) is 3. The van der Waals surface area contributed by atoms with Crippen LogP contribution in [0.25, 0.3) is 0 Å². The van der Waals surface area contributed by atoms with Gasteiger partial charge in [0.1, 0.15) is 0 Å². The number of hydrogen-bond donors (Lipinski definition) is 4. The third-order valence-electron chi connectivity index (χ3n) is 2.01. The first-order valence-corrected chi connectivity index (χ1v) is 5.95. The summed E-state index contributed by atoms with van der Waals surface area (Å²) >= 11 is 0. The van der Waals surface area contributed by atoms with Gasteiger partial charge in [-0.1, -0.05) is 13.8 Å². The Morgan fingerprint density at radius 1 is 1.00 bits per heavy atom. The van der Waals surface area contributed by atoms with E-state index in [0.717, 1.165) is 0 Å². The van der Waals surface area contributed by atoms with Crippen LogP contribution >= 0.6 is 0 Å². The van der Waals surface area contributed by atoms with Gasteiger partial charge in [-0.3, -0.25) is 14.4 Å². The van der Waals surface area contributed by atoms with Crippen LogP contribution in [0.1, 0.15) is 20.3 Å². The highest BCUT2D eigenvalue weighted by Gasteiger charge is 2.05. The summed E-state index contributed by atoms with van der Waals surface area (Å²) in [4.78, 5) is 33.3. The van der Waals surface area contributed by atoms with E-state index in [-0.39, 0.29) is 43.8 Å². The molecule has 0 fully saturated rings.